The summed E-state index contributed by atoms with van der Waals surface area (Å²) in [7, 11) is -0.563. The number of amides is 1. The number of halogens is 2. The third kappa shape index (κ3) is 4.23. The van der Waals surface area contributed by atoms with Crippen molar-refractivity contribution in [2.45, 2.75) is 31.3 Å². The van der Waals surface area contributed by atoms with E-state index in [1.54, 1.807) is 6.07 Å². The summed E-state index contributed by atoms with van der Waals surface area (Å²) in [4.78, 5) is 19.1. The van der Waals surface area contributed by atoms with Gasteiger partial charge in [0, 0.05) is 42.9 Å². The third-order valence-corrected chi connectivity index (χ3v) is 9.23. The van der Waals surface area contributed by atoms with Gasteiger partial charge in [-0.25, -0.2) is 4.98 Å². The Balaban J connectivity index is 1.49. The van der Waals surface area contributed by atoms with Gasteiger partial charge < -0.3 is 23.3 Å². The molecule has 11 heteroatoms. The lowest BCUT2D eigenvalue weighted by Gasteiger charge is -2.24. The van der Waals surface area contributed by atoms with Crippen LogP contribution in [0.15, 0.2) is 60.7 Å². The number of aromatic nitrogens is 2. The minimum atomic E-state index is -3.24. The lowest BCUT2D eigenvalue weighted by Crippen LogP contribution is -2.30. The molecule has 2 aliphatic rings. The molecular weight excluding hydrogens is 527 g/mol. The first-order valence-corrected chi connectivity index (χ1v) is 13.9. The molecule has 3 aromatic carbocycles. The first kappa shape index (κ1) is 22.2. The van der Waals surface area contributed by atoms with Crippen molar-refractivity contribution in [1.82, 2.24) is 14.5 Å². The maximum atomic E-state index is 13.6. The lowest BCUT2D eigenvalue weighted by molar-refractivity contribution is -0.0507. The Labute approximate surface area is 227 Å². The number of fused-ring (bicyclic) bond motifs is 9. The highest BCUT2D eigenvalue weighted by Gasteiger charge is 2.45. The molecule has 2 bridgehead atoms. The normalized spacial score (nSPS) is 19.9. The molecule has 3 heterocycles. The second-order valence-corrected chi connectivity index (χ2v) is 11.7. The number of nitrogens with zero attached hydrogens (tertiary/aromatic N) is 3. The molecule has 4 aromatic rings. The summed E-state index contributed by atoms with van der Waals surface area (Å²) in [6.07, 6.45) is 0.247. The van der Waals surface area contributed by atoms with Gasteiger partial charge in [-0.05, 0) is 41.0 Å². The molecule has 0 saturated heterocycles. The average molecular weight is 557 g/mol. The van der Waals surface area contributed by atoms with Gasteiger partial charge in [0.25, 0.3) is 5.91 Å². The molecule has 1 amide bonds. The molecule has 0 fully saturated rings. The molecule has 6 rings (SSSR count). The van der Waals surface area contributed by atoms with E-state index in [0.29, 0.717) is 16.9 Å². The number of hydrogen-bond acceptors (Lipinski definition) is 6. The van der Waals surface area contributed by atoms with E-state index < -0.39 is 39.2 Å². The topological polar surface area (TPSA) is 82.9 Å². The Hall–Kier alpha value is -3.59. The standard InChI is InChI=1S/C28H26F2N3O5P/c1-32-23-14-22(25-19(27(32)34)5-4-6-24(25)38-28(29)30)33-21-13-18(11-12-20(21)31-26(23)33)17-9-7-16(8-10-17)15-39(35,36-2)37-3/h4-13,22-23,28H,14-15H2,1-3H3/t22-,23-/m1/s1/i1D3. The van der Waals surface area contributed by atoms with Gasteiger partial charge in [-0.1, -0.05) is 36.4 Å². The van der Waals surface area contributed by atoms with Gasteiger partial charge in [0.05, 0.1) is 29.3 Å². The number of imidazole rings is 1. The van der Waals surface area contributed by atoms with Gasteiger partial charge in [-0.3, -0.25) is 9.36 Å². The summed E-state index contributed by atoms with van der Waals surface area (Å²) in [6.45, 7) is -5.94. The second kappa shape index (κ2) is 9.55. The van der Waals surface area contributed by atoms with Gasteiger partial charge in [-0.2, -0.15) is 8.78 Å². The fourth-order valence-corrected chi connectivity index (χ4v) is 6.58. The smallest absolute Gasteiger partial charge is 0.387 e. The quantitative estimate of drug-likeness (QED) is 0.245. The Morgan fingerprint density at radius 3 is 2.51 bits per heavy atom. The molecule has 1 aromatic heterocycles. The summed E-state index contributed by atoms with van der Waals surface area (Å²) < 4.78 is 80.6. The van der Waals surface area contributed by atoms with E-state index in [1.165, 1.54) is 32.4 Å². The summed E-state index contributed by atoms with van der Waals surface area (Å²) in [6, 6.07) is 15.6. The number of carbonyl (C=O) groups excluding carboxylic acids is 1. The fourth-order valence-electron chi connectivity index (χ4n) is 5.52. The van der Waals surface area contributed by atoms with Gasteiger partial charge in [0.1, 0.15) is 11.6 Å². The van der Waals surface area contributed by atoms with E-state index in [1.807, 2.05) is 41.0 Å². The van der Waals surface area contributed by atoms with Crippen LogP contribution in [0.25, 0.3) is 22.2 Å². The van der Waals surface area contributed by atoms with Crippen LogP contribution in [0.3, 0.4) is 0 Å². The van der Waals surface area contributed by atoms with E-state index in [9.17, 15) is 18.1 Å². The Morgan fingerprint density at radius 1 is 1.08 bits per heavy atom. The second-order valence-electron chi connectivity index (χ2n) is 9.41. The Bertz CT molecular complexity index is 1740. The lowest BCUT2D eigenvalue weighted by atomic mass is 9.97. The monoisotopic (exact) mass is 556 g/mol. The molecule has 0 radical (unpaired) electrons. The summed E-state index contributed by atoms with van der Waals surface area (Å²) in [5.74, 6) is -0.611. The molecule has 202 valence electrons. The molecule has 2 aliphatic heterocycles. The fraction of sp³-hybridized carbons (Fsp3) is 0.286. The largest absolute Gasteiger partial charge is 0.434 e. The van der Waals surface area contributed by atoms with E-state index in [4.69, 9.17) is 22.9 Å². The van der Waals surface area contributed by atoms with Crippen LogP contribution in [-0.4, -0.2) is 48.2 Å². The molecule has 0 aliphatic carbocycles. The number of benzene rings is 3. The van der Waals surface area contributed by atoms with Crippen molar-refractivity contribution >= 4 is 24.5 Å². The summed E-state index contributed by atoms with van der Waals surface area (Å²) in [5.41, 5.74) is 3.85. The van der Waals surface area contributed by atoms with Crippen LogP contribution in [0, 0.1) is 0 Å². The highest BCUT2D eigenvalue weighted by molar-refractivity contribution is 7.52. The van der Waals surface area contributed by atoms with Crippen molar-refractivity contribution in [2.75, 3.05) is 21.2 Å². The molecule has 39 heavy (non-hydrogen) atoms. The zero-order chi connectivity index (χ0) is 30.0. The van der Waals surface area contributed by atoms with Crippen molar-refractivity contribution in [3.05, 3.63) is 83.2 Å². The molecular formula is C28H26F2N3O5P. The number of hydrogen-bond donors (Lipinski definition) is 0. The van der Waals surface area contributed by atoms with Crippen LogP contribution < -0.4 is 4.74 Å². The van der Waals surface area contributed by atoms with Crippen LogP contribution in [0.1, 0.15) is 49.9 Å². The predicted molar refractivity (Wildman–Crippen MR) is 141 cm³/mol. The van der Waals surface area contributed by atoms with E-state index >= 15 is 0 Å². The van der Waals surface area contributed by atoms with Crippen molar-refractivity contribution in [2.24, 2.45) is 0 Å². The van der Waals surface area contributed by atoms with Crippen molar-refractivity contribution in [3.63, 3.8) is 0 Å². The highest BCUT2D eigenvalue weighted by atomic mass is 31.2. The molecule has 2 atom stereocenters. The van der Waals surface area contributed by atoms with Gasteiger partial charge in [-0.15, -0.1) is 0 Å². The molecule has 8 nitrogen and oxygen atoms in total. The Morgan fingerprint density at radius 2 is 1.82 bits per heavy atom. The van der Waals surface area contributed by atoms with E-state index in [-0.39, 0.29) is 29.5 Å². The zero-order valence-corrected chi connectivity index (χ0v) is 21.9. The maximum Gasteiger partial charge on any atom is 0.387 e. The minimum Gasteiger partial charge on any atom is -0.434 e. The third-order valence-electron chi connectivity index (χ3n) is 7.37. The van der Waals surface area contributed by atoms with Crippen LogP contribution in [0.5, 0.6) is 5.75 Å². The Kier molecular flexibility index (Phi) is 5.45. The number of rotatable bonds is 7. The van der Waals surface area contributed by atoms with Crippen LogP contribution in [-0.2, 0) is 19.8 Å². The minimum absolute atomic E-state index is 0.000394. The van der Waals surface area contributed by atoms with Crippen molar-refractivity contribution in [3.8, 4) is 16.9 Å². The van der Waals surface area contributed by atoms with Crippen molar-refractivity contribution in [1.29, 1.82) is 0 Å². The van der Waals surface area contributed by atoms with Gasteiger partial charge in [0.2, 0.25) is 0 Å². The first-order chi connectivity index (χ1) is 19.9. The van der Waals surface area contributed by atoms with Crippen LogP contribution in [0.4, 0.5) is 8.78 Å². The average Bonchev–Trinajstić information content (AvgIpc) is 3.45. The SMILES string of the molecule is [2H]C([2H])([2H])N1C(=O)c2cccc(OC(F)F)c2[C@H]2C[C@@H]1c1nc3ccc(-c4ccc(CP(=O)(OC)OC)cc4)cc3n12. The molecule has 0 N–H and O–H groups in total. The maximum absolute atomic E-state index is 13.6. The molecule has 0 spiro atoms. The van der Waals surface area contributed by atoms with E-state index in [0.717, 1.165) is 21.6 Å². The molecule has 0 saturated carbocycles. The highest BCUT2D eigenvalue weighted by Crippen LogP contribution is 2.51. The first-order valence-electron chi connectivity index (χ1n) is 13.7. The summed E-state index contributed by atoms with van der Waals surface area (Å²) >= 11 is 0. The number of ether oxygens (including phenoxy) is 1. The number of carbonyl (C=O) groups is 1. The zero-order valence-electron chi connectivity index (χ0n) is 24.0. The van der Waals surface area contributed by atoms with Gasteiger partial charge in [0.15, 0.2) is 0 Å². The molecule has 0 unspecified atom stereocenters. The van der Waals surface area contributed by atoms with Crippen LogP contribution >= 0.6 is 7.60 Å². The number of alkyl halides is 2. The predicted octanol–water partition coefficient (Wildman–Crippen LogP) is 6.41. The van der Waals surface area contributed by atoms with Gasteiger partial charge >= 0.3 is 14.2 Å². The van der Waals surface area contributed by atoms with Crippen LogP contribution in [0.2, 0.25) is 0 Å². The van der Waals surface area contributed by atoms with Crippen molar-refractivity contribution < 1.29 is 36.0 Å². The van der Waals surface area contributed by atoms with E-state index in [2.05, 4.69) is 0 Å². The summed E-state index contributed by atoms with van der Waals surface area (Å²) in [5, 5.41) is 0.